The van der Waals surface area contributed by atoms with E-state index in [1.165, 1.54) is 83.5 Å². The molecule has 0 saturated carbocycles. The number of carbonyl (C=O) groups excluding carboxylic acids is 1. The first-order valence-corrected chi connectivity index (χ1v) is 11.7. The predicted octanol–water partition coefficient (Wildman–Crippen LogP) is 7.93. The number of carbonyl (C=O) groups is 1. The standard InChI is InChI=1S/C26H42O2/c1-2-3-4-5-6-7-8-9-10-11-12-13-14-15-16-17-25(27)21-18-24-19-22-26(28)23-20-24/h16-17,19-20,22-23,28H,2-15,18,21H2,1H3/b17-16+. The Bertz CT molecular complexity index is 516. The minimum absolute atomic E-state index is 0.197. The van der Waals surface area contributed by atoms with Crippen LogP contribution in [0.2, 0.25) is 0 Å². The number of unbranched alkanes of at least 4 members (excludes halogenated alkanes) is 13. The molecule has 0 atom stereocenters. The van der Waals surface area contributed by atoms with Crippen molar-refractivity contribution in [2.24, 2.45) is 0 Å². The number of hydrogen-bond donors (Lipinski definition) is 1. The van der Waals surface area contributed by atoms with Crippen LogP contribution in [-0.2, 0) is 11.2 Å². The molecule has 0 radical (unpaired) electrons. The summed E-state index contributed by atoms with van der Waals surface area (Å²) in [6.07, 6.45) is 23.9. The number of phenols is 1. The Balaban J connectivity index is 1.86. The lowest BCUT2D eigenvalue weighted by Gasteiger charge is -2.02. The molecule has 0 fully saturated rings. The fourth-order valence-corrected chi connectivity index (χ4v) is 3.51. The van der Waals surface area contributed by atoms with Crippen LogP contribution in [0.25, 0.3) is 0 Å². The Hall–Kier alpha value is -1.57. The predicted molar refractivity (Wildman–Crippen MR) is 121 cm³/mol. The minimum atomic E-state index is 0.197. The van der Waals surface area contributed by atoms with Crippen molar-refractivity contribution >= 4 is 5.78 Å². The Kier molecular flexibility index (Phi) is 15.3. The van der Waals surface area contributed by atoms with Crippen LogP contribution in [0, 0.1) is 0 Å². The maximum Gasteiger partial charge on any atom is 0.155 e. The van der Waals surface area contributed by atoms with E-state index in [1.807, 2.05) is 18.2 Å². The Morgan fingerprint density at radius 1 is 0.786 bits per heavy atom. The van der Waals surface area contributed by atoms with Gasteiger partial charge in [0.1, 0.15) is 5.75 Å². The third-order valence-corrected chi connectivity index (χ3v) is 5.37. The zero-order valence-corrected chi connectivity index (χ0v) is 18.1. The summed E-state index contributed by atoms with van der Waals surface area (Å²) in [5.74, 6) is 0.468. The lowest BCUT2D eigenvalue weighted by molar-refractivity contribution is -0.114. The second-order valence-corrected chi connectivity index (χ2v) is 8.07. The van der Waals surface area contributed by atoms with Gasteiger partial charge < -0.3 is 5.11 Å². The number of aromatic hydroxyl groups is 1. The average Bonchev–Trinajstić information content (AvgIpc) is 2.70. The van der Waals surface area contributed by atoms with Crippen molar-refractivity contribution in [3.05, 3.63) is 42.0 Å². The molecule has 28 heavy (non-hydrogen) atoms. The highest BCUT2D eigenvalue weighted by molar-refractivity contribution is 5.89. The molecule has 2 heteroatoms. The summed E-state index contributed by atoms with van der Waals surface area (Å²) in [6.45, 7) is 2.27. The van der Waals surface area contributed by atoms with Gasteiger partial charge in [0.2, 0.25) is 0 Å². The molecule has 0 amide bonds. The number of ketones is 1. The topological polar surface area (TPSA) is 37.3 Å². The zero-order chi connectivity index (χ0) is 20.3. The molecule has 0 aromatic heterocycles. The second-order valence-electron chi connectivity index (χ2n) is 8.07. The van der Waals surface area contributed by atoms with Gasteiger partial charge in [-0.05, 0) is 43.0 Å². The van der Waals surface area contributed by atoms with Gasteiger partial charge in [0.25, 0.3) is 0 Å². The van der Waals surface area contributed by atoms with E-state index in [0.29, 0.717) is 6.42 Å². The van der Waals surface area contributed by atoms with Crippen molar-refractivity contribution in [1.82, 2.24) is 0 Å². The molecule has 0 spiro atoms. The van der Waals surface area contributed by atoms with E-state index in [-0.39, 0.29) is 11.5 Å². The fourth-order valence-electron chi connectivity index (χ4n) is 3.51. The maximum absolute atomic E-state index is 11.9. The lowest BCUT2D eigenvalue weighted by Crippen LogP contribution is -1.95. The molecule has 2 nitrogen and oxygen atoms in total. The smallest absolute Gasteiger partial charge is 0.155 e. The molecule has 1 rings (SSSR count). The van der Waals surface area contributed by atoms with Gasteiger partial charge in [-0.15, -0.1) is 0 Å². The van der Waals surface area contributed by atoms with Crippen molar-refractivity contribution in [2.75, 3.05) is 0 Å². The quantitative estimate of drug-likeness (QED) is 0.205. The monoisotopic (exact) mass is 386 g/mol. The van der Waals surface area contributed by atoms with E-state index in [1.54, 1.807) is 18.2 Å². The van der Waals surface area contributed by atoms with Crippen molar-refractivity contribution in [3.63, 3.8) is 0 Å². The van der Waals surface area contributed by atoms with Gasteiger partial charge in [0.05, 0.1) is 0 Å². The molecule has 158 valence electrons. The summed E-state index contributed by atoms with van der Waals surface area (Å²) in [4.78, 5) is 11.9. The molecule has 0 saturated heterocycles. The highest BCUT2D eigenvalue weighted by atomic mass is 16.3. The molecular weight excluding hydrogens is 344 g/mol. The summed E-state index contributed by atoms with van der Waals surface area (Å²) in [7, 11) is 0. The van der Waals surface area contributed by atoms with Crippen molar-refractivity contribution in [2.45, 2.75) is 110 Å². The molecule has 1 aromatic rings. The highest BCUT2D eigenvalue weighted by Gasteiger charge is 1.99. The maximum atomic E-state index is 11.9. The van der Waals surface area contributed by atoms with Crippen LogP contribution in [0.1, 0.15) is 109 Å². The van der Waals surface area contributed by atoms with Gasteiger partial charge in [-0.1, -0.05) is 102 Å². The number of aryl methyl sites for hydroxylation is 1. The second kappa shape index (κ2) is 17.5. The molecule has 1 N–H and O–H groups in total. The number of hydrogen-bond acceptors (Lipinski definition) is 2. The summed E-state index contributed by atoms with van der Waals surface area (Å²) in [5.41, 5.74) is 1.09. The molecule has 0 bridgehead atoms. The Labute approximate surface area is 173 Å². The van der Waals surface area contributed by atoms with Crippen LogP contribution in [0.15, 0.2) is 36.4 Å². The molecule has 0 heterocycles. The van der Waals surface area contributed by atoms with Gasteiger partial charge in [-0.25, -0.2) is 0 Å². The van der Waals surface area contributed by atoms with Gasteiger partial charge >= 0.3 is 0 Å². The summed E-state index contributed by atoms with van der Waals surface area (Å²) < 4.78 is 0. The van der Waals surface area contributed by atoms with Crippen LogP contribution in [0.5, 0.6) is 5.75 Å². The number of allylic oxidation sites excluding steroid dienone is 2. The fraction of sp³-hybridized carbons (Fsp3) is 0.654. The summed E-state index contributed by atoms with van der Waals surface area (Å²) >= 11 is 0. The van der Waals surface area contributed by atoms with Crippen molar-refractivity contribution in [1.29, 1.82) is 0 Å². The van der Waals surface area contributed by atoms with E-state index in [2.05, 4.69) is 6.92 Å². The Morgan fingerprint density at radius 2 is 1.29 bits per heavy atom. The molecule has 1 aromatic carbocycles. The molecular formula is C26H42O2. The number of phenolic OH excluding ortho intramolecular Hbond substituents is 1. The van der Waals surface area contributed by atoms with Crippen molar-refractivity contribution in [3.8, 4) is 5.75 Å². The van der Waals surface area contributed by atoms with Crippen molar-refractivity contribution < 1.29 is 9.90 Å². The summed E-state index contributed by atoms with van der Waals surface area (Å²) in [5, 5.41) is 9.26. The first kappa shape index (κ1) is 24.5. The number of benzene rings is 1. The van der Waals surface area contributed by atoms with Crippen LogP contribution in [-0.4, -0.2) is 10.9 Å². The van der Waals surface area contributed by atoms with E-state index in [4.69, 9.17) is 0 Å². The molecule has 0 aliphatic heterocycles. The largest absolute Gasteiger partial charge is 0.508 e. The third kappa shape index (κ3) is 14.5. The van der Waals surface area contributed by atoms with Crippen LogP contribution in [0.4, 0.5) is 0 Å². The molecule has 0 unspecified atom stereocenters. The van der Waals surface area contributed by atoms with Crippen LogP contribution >= 0.6 is 0 Å². The summed E-state index contributed by atoms with van der Waals surface area (Å²) in [6, 6.07) is 7.09. The van der Waals surface area contributed by atoms with Gasteiger partial charge in [-0.3, -0.25) is 4.79 Å². The molecule has 0 aliphatic rings. The minimum Gasteiger partial charge on any atom is -0.508 e. The normalized spacial score (nSPS) is 11.3. The first-order valence-electron chi connectivity index (χ1n) is 11.7. The highest BCUT2D eigenvalue weighted by Crippen LogP contribution is 2.13. The van der Waals surface area contributed by atoms with E-state index in [0.717, 1.165) is 18.4 Å². The zero-order valence-electron chi connectivity index (χ0n) is 18.1. The van der Waals surface area contributed by atoms with Crippen LogP contribution in [0.3, 0.4) is 0 Å². The SMILES string of the molecule is CCCCCCCCCCCCCCC/C=C/C(=O)CCc1ccc(O)cc1. The van der Waals surface area contributed by atoms with Gasteiger partial charge in [-0.2, -0.15) is 0 Å². The van der Waals surface area contributed by atoms with Crippen LogP contribution < -0.4 is 0 Å². The van der Waals surface area contributed by atoms with E-state index >= 15 is 0 Å². The van der Waals surface area contributed by atoms with E-state index < -0.39 is 0 Å². The van der Waals surface area contributed by atoms with E-state index in [9.17, 15) is 9.90 Å². The lowest BCUT2D eigenvalue weighted by atomic mass is 10.0. The van der Waals surface area contributed by atoms with Gasteiger partial charge in [0.15, 0.2) is 5.78 Å². The third-order valence-electron chi connectivity index (χ3n) is 5.37. The average molecular weight is 387 g/mol. The Morgan fingerprint density at radius 3 is 1.82 bits per heavy atom. The first-order chi connectivity index (χ1) is 13.7. The van der Waals surface area contributed by atoms with Gasteiger partial charge in [0, 0.05) is 6.42 Å². The molecule has 0 aliphatic carbocycles. The number of rotatable bonds is 18.